The van der Waals surface area contributed by atoms with Gasteiger partial charge in [-0.3, -0.25) is 19.8 Å². The fraction of sp³-hybridized carbons (Fsp3) is 0.667. The molecule has 1 rings (SSSR count). The zero-order valence-corrected chi connectivity index (χ0v) is 21.1. The largest absolute Gasteiger partial charge is 0.360 e. The number of likely N-dealkylation sites (N-methyl/N-ethyl adjacent to an activating group) is 1. The molecule has 0 aliphatic carbocycles. The number of carbonyl (C=O) groups is 1. The summed E-state index contributed by atoms with van der Waals surface area (Å²) in [7, 11) is -2.39. The minimum absolute atomic E-state index is 0.108. The predicted octanol–water partition coefficient (Wildman–Crippen LogP) is 2.34. The minimum Gasteiger partial charge on any atom is -0.360 e. The highest BCUT2D eigenvalue weighted by atomic mass is 32.2. The minimum atomic E-state index is -3.93. The van der Waals surface area contributed by atoms with Crippen LogP contribution in [0.25, 0.3) is 0 Å². The third-order valence-corrected chi connectivity index (χ3v) is 6.21. The van der Waals surface area contributed by atoms with E-state index < -0.39 is 20.5 Å². The van der Waals surface area contributed by atoms with Gasteiger partial charge in [0.15, 0.2) is 0 Å². The second kappa shape index (κ2) is 11.1. The van der Waals surface area contributed by atoms with Gasteiger partial charge in [-0.1, -0.05) is 0 Å². The highest BCUT2D eigenvalue weighted by molar-refractivity contribution is 7.89. The van der Waals surface area contributed by atoms with Crippen LogP contribution in [0.1, 0.15) is 48.5 Å². The molecule has 1 amide bonds. The normalized spacial score (nSPS) is 12.5. The lowest BCUT2D eigenvalue weighted by molar-refractivity contribution is -0.384. The van der Waals surface area contributed by atoms with Gasteiger partial charge in [0.25, 0.3) is 5.69 Å². The second-order valence-electron chi connectivity index (χ2n) is 9.38. The Morgan fingerprint density at radius 2 is 1.72 bits per heavy atom. The summed E-state index contributed by atoms with van der Waals surface area (Å²) in [6.07, 6.45) is 0. The van der Waals surface area contributed by atoms with Crippen molar-refractivity contribution in [3.63, 3.8) is 0 Å². The van der Waals surface area contributed by atoms with E-state index >= 15 is 0 Å². The molecule has 0 radical (unpaired) electrons. The summed E-state index contributed by atoms with van der Waals surface area (Å²) < 4.78 is 27.9. The quantitative estimate of drug-likeness (QED) is 0.375. The van der Waals surface area contributed by atoms with Crippen LogP contribution >= 0.6 is 0 Å². The van der Waals surface area contributed by atoms with E-state index in [1.54, 1.807) is 7.05 Å². The van der Waals surface area contributed by atoms with Gasteiger partial charge in [0.1, 0.15) is 5.69 Å². The van der Waals surface area contributed by atoms with Gasteiger partial charge in [-0.25, -0.2) is 13.1 Å². The van der Waals surface area contributed by atoms with Crippen molar-refractivity contribution >= 4 is 27.3 Å². The van der Waals surface area contributed by atoms with Crippen molar-refractivity contribution in [3.05, 3.63) is 28.3 Å². The molecule has 1 aromatic rings. The number of rotatable bonds is 11. The van der Waals surface area contributed by atoms with Gasteiger partial charge >= 0.3 is 0 Å². The summed E-state index contributed by atoms with van der Waals surface area (Å²) in [6, 6.07) is 4.20. The average molecular weight is 472 g/mol. The second-order valence-corrected chi connectivity index (χ2v) is 11.2. The van der Waals surface area contributed by atoms with Crippen molar-refractivity contribution in [1.29, 1.82) is 0 Å². The maximum atomic E-state index is 12.7. The Kier molecular flexibility index (Phi) is 9.61. The highest BCUT2D eigenvalue weighted by Crippen LogP contribution is 2.30. The summed E-state index contributed by atoms with van der Waals surface area (Å²) in [6.45, 7) is 14.2. The zero-order chi connectivity index (χ0) is 24.9. The zero-order valence-electron chi connectivity index (χ0n) is 20.3. The molecule has 0 fully saturated rings. The molecule has 0 bridgehead atoms. The number of nitrogens with one attached hydrogen (secondary N) is 2. The summed E-state index contributed by atoms with van der Waals surface area (Å²) in [5, 5.41) is 14.4. The van der Waals surface area contributed by atoms with Crippen LogP contribution in [-0.2, 0) is 14.8 Å². The first-order valence-corrected chi connectivity index (χ1v) is 12.1. The van der Waals surface area contributed by atoms with Gasteiger partial charge in [-0.15, -0.1) is 0 Å². The van der Waals surface area contributed by atoms with Crippen LogP contribution in [0.5, 0.6) is 0 Å². The number of nitro groups is 1. The molecule has 0 aliphatic heterocycles. The molecule has 0 spiro atoms. The first kappa shape index (κ1) is 27.8. The van der Waals surface area contributed by atoms with Crippen molar-refractivity contribution in [2.45, 2.75) is 71.0 Å². The summed E-state index contributed by atoms with van der Waals surface area (Å²) >= 11 is 0. The van der Waals surface area contributed by atoms with Crippen LogP contribution in [0.15, 0.2) is 23.1 Å². The van der Waals surface area contributed by atoms with E-state index in [4.69, 9.17) is 0 Å². The molecule has 0 aliphatic rings. The summed E-state index contributed by atoms with van der Waals surface area (Å²) in [4.78, 5) is 26.5. The number of nitrogens with zero attached hydrogens (tertiary/aromatic N) is 3. The van der Waals surface area contributed by atoms with Crippen molar-refractivity contribution in [3.8, 4) is 0 Å². The van der Waals surface area contributed by atoms with Crippen molar-refractivity contribution in [2.24, 2.45) is 0 Å². The Morgan fingerprint density at radius 3 is 2.19 bits per heavy atom. The van der Waals surface area contributed by atoms with Crippen LogP contribution in [0.4, 0.5) is 11.4 Å². The molecule has 2 N–H and O–H groups in total. The van der Waals surface area contributed by atoms with Crippen LogP contribution in [0, 0.1) is 10.1 Å². The van der Waals surface area contributed by atoms with Gasteiger partial charge < -0.3 is 10.2 Å². The summed E-state index contributed by atoms with van der Waals surface area (Å²) in [5.41, 5.74) is -0.664. The number of nitro benzene ring substituents is 1. The fourth-order valence-electron chi connectivity index (χ4n) is 3.40. The molecule has 0 aromatic heterocycles. The van der Waals surface area contributed by atoms with E-state index in [0.29, 0.717) is 6.54 Å². The van der Waals surface area contributed by atoms with Crippen LogP contribution < -0.4 is 14.9 Å². The van der Waals surface area contributed by atoms with Crippen LogP contribution in [0.2, 0.25) is 0 Å². The predicted molar refractivity (Wildman–Crippen MR) is 126 cm³/mol. The lowest BCUT2D eigenvalue weighted by Crippen LogP contribution is -2.45. The SMILES string of the molecule is CC(C)N(CCNS(=O)(=O)c1ccc(N(C)CC(=O)NC(C)(C)C)c([N+](=O)[O-])c1)C(C)C. The lowest BCUT2D eigenvalue weighted by Gasteiger charge is -2.30. The van der Waals surface area contributed by atoms with Gasteiger partial charge in [-0.05, 0) is 60.6 Å². The molecule has 182 valence electrons. The Labute approximate surface area is 191 Å². The number of hydrogen-bond acceptors (Lipinski definition) is 7. The first-order chi connectivity index (χ1) is 14.5. The molecular weight excluding hydrogens is 434 g/mol. The van der Waals surface area contributed by atoms with Gasteiger partial charge in [0, 0.05) is 43.8 Å². The van der Waals surface area contributed by atoms with Gasteiger partial charge in [0.2, 0.25) is 15.9 Å². The molecule has 11 heteroatoms. The third kappa shape index (κ3) is 8.36. The highest BCUT2D eigenvalue weighted by Gasteiger charge is 2.25. The van der Waals surface area contributed by atoms with Gasteiger partial charge in [0.05, 0.1) is 16.4 Å². The number of anilines is 1. The van der Waals surface area contributed by atoms with E-state index in [-0.39, 0.29) is 47.4 Å². The van der Waals surface area contributed by atoms with Crippen molar-refractivity contribution < 1.29 is 18.1 Å². The van der Waals surface area contributed by atoms with Crippen LogP contribution in [-0.4, -0.2) is 68.5 Å². The molecule has 32 heavy (non-hydrogen) atoms. The third-order valence-electron chi connectivity index (χ3n) is 4.75. The number of carbonyl (C=O) groups excluding carboxylic acids is 1. The summed E-state index contributed by atoms with van der Waals surface area (Å²) in [5.74, 6) is -0.299. The lowest BCUT2D eigenvalue weighted by atomic mass is 10.1. The molecule has 0 atom stereocenters. The Hall–Kier alpha value is -2.24. The monoisotopic (exact) mass is 471 g/mol. The standard InChI is InChI=1S/C21H37N5O5S/c1-15(2)25(16(3)4)12-11-22-32(30,31)17-9-10-18(19(13-17)26(28)29)24(8)14-20(27)23-21(5,6)7/h9-10,13,15-16,22H,11-12,14H2,1-8H3,(H,23,27). The fourth-order valence-corrected chi connectivity index (χ4v) is 4.44. The Morgan fingerprint density at radius 1 is 1.16 bits per heavy atom. The maximum Gasteiger partial charge on any atom is 0.293 e. The van der Waals surface area contributed by atoms with E-state index in [2.05, 4.69) is 14.9 Å². The molecular formula is C21H37N5O5S. The van der Waals surface area contributed by atoms with Crippen molar-refractivity contribution in [2.75, 3.05) is 31.6 Å². The average Bonchev–Trinajstić information content (AvgIpc) is 2.62. The van der Waals surface area contributed by atoms with E-state index in [1.165, 1.54) is 17.0 Å². The Balaban J connectivity index is 3.03. The molecule has 0 saturated heterocycles. The van der Waals surface area contributed by atoms with Crippen molar-refractivity contribution in [1.82, 2.24) is 14.9 Å². The molecule has 0 heterocycles. The molecule has 0 saturated carbocycles. The van der Waals surface area contributed by atoms with E-state index in [0.717, 1.165) is 6.07 Å². The van der Waals surface area contributed by atoms with E-state index in [1.807, 2.05) is 48.5 Å². The maximum absolute atomic E-state index is 12.7. The molecule has 0 unspecified atom stereocenters. The smallest absolute Gasteiger partial charge is 0.293 e. The van der Waals surface area contributed by atoms with Gasteiger partial charge in [-0.2, -0.15) is 0 Å². The number of hydrogen-bond donors (Lipinski definition) is 2. The topological polar surface area (TPSA) is 125 Å². The number of amides is 1. The molecule has 10 nitrogen and oxygen atoms in total. The molecule has 1 aromatic carbocycles. The number of sulfonamides is 1. The van der Waals surface area contributed by atoms with E-state index in [9.17, 15) is 23.3 Å². The number of benzene rings is 1. The first-order valence-electron chi connectivity index (χ1n) is 10.6. The Bertz CT molecular complexity index is 902. The van der Waals surface area contributed by atoms with Crippen LogP contribution in [0.3, 0.4) is 0 Å².